The number of rotatable bonds is 5. The number of anilines is 2. The molecule has 7 nitrogen and oxygen atoms in total. The number of sulfone groups is 1. The molecule has 3 rings (SSSR count). The number of aryl methyl sites for hydroxylation is 1. The quantitative estimate of drug-likeness (QED) is 0.862. The van der Waals surface area contributed by atoms with Gasteiger partial charge < -0.3 is 10.2 Å². The van der Waals surface area contributed by atoms with E-state index < -0.39 is 9.84 Å². The summed E-state index contributed by atoms with van der Waals surface area (Å²) in [5.74, 6) is 0.408. The number of benzene rings is 1. The van der Waals surface area contributed by atoms with E-state index in [1.807, 2.05) is 38.1 Å². The lowest BCUT2D eigenvalue weighted by atomic mass is 10.2. The molecule has 1 N–H and O–H groups in total. The standard InChI is InChI=1S/C18H22N4O3S/c1-3-22(14-10-11-26(24,25)12-14)18(23)16-8-9-17(21-20-16)19-15-7-5-4-6-13(15)2/h4-9,14H,3,10-12H2,1-2H3,(H,19,21). The van der Waals surface area contributed by atoms with Gasteiger partial charge in [-0.3, -0.25) is 4.79 Å². The number of amides is 1. The number of carbonyl (C=O) groups is 1. The van der Waals surface area contributed by atoms with Crippen LogP contribution in [-0.4, -0.2) is 53.5 Å². The van der Waals surface area contributed by atoms with Crippen molar-refractivity contribution in [1.29, 1.82) is 0 Å². The normalized spacial score (nSPS) is 18.5. The molecule has 1 unspecified atom stereocenters. The molecule has 1 amide bonds. The van der Waals surface area contributed by atoms with E-state index in [1.54, 1.807) is 17.0 Å². The lowest BCUT2D eigenvalue weighted by molar-refractivity contribution is 0.0701. The average molecular weight is 374 g/mol. The van der Waals surface area contributed by atoms with E-state index in [-0.39, 0.29) is 29.1 Å². The molecule has 0 saturated carbocycles. The Morgan fingerprint density at radius 1 is 1.23 bits per heavy atom. The molecule has 1 aromatic heterocycles. The Morgan fingerprint density at radius 3 is 2.58 bits per heavy atom. The van der Waals surface area contributed by atoms with Gasteiger partial charge in [-0.05, 0) is 44.0 Å². The van der Waals surface area contributed by atoms with Gasteiger partial charge in [0.25, 0.3) is 5.91 Å². The van der Waals surface area contributed by atoms with Gasteiger partial charge in [0, 0.05) is 18.3 Å². The highest BCUT2D eigenvalue weighted by Crippen LogP contribution is 2.21. The summed E-state index contributed by atoms with van der Waals surface area (Å²) in [7, 11) is -3.05. The predicted octanol–water partition coefficient (Wildman–Crippen LogP) is 2.18. The first-order chi connectivity index (χ1) is 12.4. The maximum Gasteiger partial charge on any atom is 0.274 e. The number of nitrogens with one attached hydrogen (secondary N) is 1. The largest absolute Gasteiger partial charge is 0.339 e. The maximum atomic E-state index is 12.7. The van der Waals surface area contributed by atoms with Crippen molar-refractivity contribution in [2.45, 2.75) is 26.3 Å². The highest BCUT2D eigenvalue weighted by molar-refractivity contribution is 7.91. The average Bonchev–Trinajstić information content (AvgIpc) is 2.98. The third kappa shape index (κ3) is 4.01. The van der Waals surface area contributed by atoms with Gasteiger partial charge in [0.1, 0.15) is 0 Å². The van der Waals surface area contributed by atoms with Crippen LogP contribution in [0.4, 0.5) is 11.5 Å². The van der Waals surface area contributed by atoms with Gasteiger partial charge in [0.15, 0.2) is 21.3 Å². The number of aromatic nitrogens is 2. The van der Waals surface area contributed by atoms with Crippen molar-refractivity contribution in [3.8, 4) is 0 Å². The third-order valence-electron chi connectivity index (χ3n) is 4.54. The fraction of sp³-hybridized carbons (Fsp3) is 0.389. The third-order valence-corrected chi connectivity index (χ3v) is 6.29. The summed E-state index contributed by atoms with van der Waals surface area (Å²) in [6.07, 6.45) is 0.474. The van der Waals surface area contributed by atoms with Gasteiger partial charge in [0.05, 0.1) is 11.5 Å². The molecular weight excluding hydrogens is 352 g/mol. The van der Waals surface area contributed by atoms with Gasteiger partial charge in [-0.1, -0.05) is 18.2 Å². The molecule has 1 aliphatic heterocycles. The van der Waals surface area contributed by atoms with Crippen molar-refractivity contribution in [3.63, 3.8) is 0 Å². The summed E-state index contributed by atoms with van der Waals surface area (Å²) in [5.41, 5.74) is 2.22. The van der Waals surface area contributed by atoms with Crippen LogP contribution in [0.25, 0.3) is 0 Å². The van der Waals surface area contributed by atoms with Crippen molar-refractivity contribution >= 4 is 27.2 Å². The van der Waals surface area contributed by atoms with E-state index >= 15 is 0 Å². The van der Waals surface area contributed by atoms with Gasteiger partial charge >= 0.3 is 0 Å². The molecule has 8 heteroatoms. The zero-order chi connectivity index (χ0) is 18.7. The number of carbonyl (C=O) groups excluding carboxylic acids is 1. The molecule has 0 bridgehead atoms. The zero-order valence-corrected chi connectivity index (χ0v) is 15.7. The molecule has 0 aliphatic carbocycles. The molecule has 0 spiro atoms. The minimum absolute atomic E-state index is 0.0208. The predicted molar refractivity (Wildman–Crippen MR) is 100 cm³/mol. The summed E-state index contributed by atoms with van der Waals surface area (Å²) >= 11 is 0. The van der Waals surface area contributed by atoms with Crippen molar-refractivity contribution in [2.24, 2.45) is 0 Å². The molecule has 2 aromatic rings. The van der Waals surface area contributed by atoms with Crippen LogP contribution in [0.1, 0.15) is 29.4 Å². The first-order valence-corrected chi connectivity index (χ1v) is 10.4. The summed E-state index contributed by atoms with van der Waals surface area (Å²) < 4.78 is 23.4. The second kappa shape index (κ2) is 7.41. The van der Waals surface area contributed by atoms with Crippen molar-refractivity contribution in [3.05, 3.63) is 47.7 Å². The lowest BCUT2D eigenvalue weighted by Crippen LogP contribution is -2.41. The molecule has 26 heavy (non-hydrogen) atoms. The molecule has 1 saturated heterocycles. The number of hydrogen-bond donors (Lipinski definition) is 1. The van der Waals surface area contributed by atoms with Crippen molar-refractivity contribution in [2.75, 3.05) is 23.4 Å². The van der Waals surface area contributed by atoms with Crippen LogP contribution in [0, 0.1) is 6.92 Å². The zero-order valence-electron chi connectivity index (χ0n) is 14.8. The van der Waals surface area contributed by atoms with E-state index in [0.717, 1.165) is 11.3 Å². The minimum atomic E-state index is -3.05. The molecule has 1 atom stereocenters. The van der Waals surface area contributed by atoms with Crippen LogP contribution in [-0.2, 0) is 9.84 Å². The van der Waals surface area contributed by atoms with Crippen LogP contribution in [0.15, 0.2) is 36.4 Å². The Bertz CT molecular complexity index is 897. The molecule has 138 valence electrons. The smallest absolute Gasteiger partial charge is 0.274 e. The summed E-state index contributed by atoms with van der Waals surface area (Å²) in [6, 6.07) is 10.8. The molecule has 1 aromatic carbocycles. The van der Waals surface area contributed by atoms with Crippen LogP contribution < -0.4 is 5.32 Å². The Hall–Kier alpha value is -2.48. The summed E-state index contributed by atoms with van der Waals surface area (Å²) in [6.45, 7) is 4.26. The highest BCUT2D eigenvalue weighted by Gasteiger charge is 2.34. The van der Waals surface area contributed by atoms with E-state index in [0.29, 0.717) is 18.8 Å². The summed E-state index contributed by atoms with van der Waals surface area (Å²) in [5, 5.41) is 11.3. The molecular formula is C18H22N4O3S. The van der Waals surface area contributed by atoms with E-state index in [2.05, 4.69) is 15.5 Å². The van der Waals surface area contributed by atoms with Crippen LogP contribution in [0.2, 0.25) is 0 Å². The Labute approximate surface area is 153 Å². The first kappa shape index (κ1) is 18.3. The van der Waals surface area contributed by atoms with Crippen LogP contribution in [0.3, 0.4) is 0 Å². The Balaban J connectivity index is 1.73. The second-order valence-corrected chi connectivity index (χ2v) is 8.62. The second-order valence-electron chi connectivity index (χ2n) is 6.39. The van der Waals surface area contributed by atoms with E-state index in [4.69, 9.17) is 0 Å². The molecule has 1 fully saturated rings. The maximum absolute atomic E-state index is 12.7. The van der Waals surface area contributed by atoms with Crippen molar-refractivity contribution < 1.29 is 13.2 Å². The number of hydrogen-bond acceptors (Lipinski definition) is 6. The Kier molecular flexibility index (Phi) is 5.22. The number of para-hydroxylation sites is 1. The first-order valence-electron chi connectivity index (χ1n) is 8.57. The highest BCUT2D eigenvalue weighted by atomic mass is 32.2. The fourth-order valence-electron chi connectivity index (χ4n) is 3.10. The van der Waals surface area contributed by atoms with Gasteiger partial charge in [-0.15, -0.1) is 10.2 Å². The molecule has 1 aliphatic rings. The topological polar surface area (TPSA) is 92.3 Å². The fourth-order valence-corrected chi connectivity index (χ4v) is 4.83. The van der Waals surface area contributed by atoms with E-state index in [1.165, 1.54) is 0 Å². The van der Waals surface area contributed by atoms with Gasteiger partial charge in [-0.25, -0.2) is 8.42 Å². The molecule has 0 radical (unpaired) electrons. The van der Waals surface area contributed by atoms with Crippen molar-refractivity contribution in [1.82, 2.24) is 15.1 Å². The monoisotopic (exact) mass is 374 g/mol. The minimum Gasteiger partial charge on any atom is -0.339 e. The van der Waals surface area contributed by atoms with Gasteiger partial charge in [-0.2, -0.15) is 0 Å². The SMILES string of the molecule is CCN(C(=O)c1ccc(Nc2ccccc2C)nn1)C1CCS(=O)(=O)C1. The molecule has 2 heterocycles. The van der Waals surface area contributed by atoms with Gasteiger partial charge in [0.2, 0.25) is 0 Å². The summed E-state index contributed by atoms with van der Waals surface area (Å²) in [4.78, 5) is 14.3. The Morgan fingerprint density at radius 2 is 2.00 bits per heavy atom. The van der Waals surface area contributed by atoms with Crippen LogP contribution in [0.5, 0.6) is 0 Å². The number of nitrogens with zero attached hydrogens (tertiary/aromatic N) is 3. The van der Waals surface area contributed by atoms with Crippen LogP contribution >= 0.6 is 0 Å². The lowest BCUT2D eigenvalue weighted by Gasteiger charge is -2.26. The van der Waals surface area contributed by atoms with E-state index in [9.17, 15) is 13.2 Å².